The zero-order valence-corrected chi connectivity index (χ0v) is 22.6. The van der Waals surface area contributed by atoms with Crippen LogP contribution in [0, 0.1) is 0 Å². The summed E-state index contributed by atoms with van der Waals surface area (Å²) in [5, 5.41) is 2.51. The average molecular weight is 525 g/mol. The van der Waals surface area contributed by atoms with E-state index < -0.39 is 0 Å². The number of nitrogens with zero attached hydrogens (tertiary/aromatic N) is 2. The number of aromatic nitrogens is 2. The van der Waals surface area contributed by atoms with Crippen molar-refractivity contribution in [2.45, 2.75) is 0 Å². The van der Waals surface area contributed by atoms with Gasteiger partial charge in [0, 0.05) is 22.4 Å². The van der Waals surface area contributed by atoms with Crippen LogP contribution in [0.3, 0.4) is 0 Å². The van der Waals surface area contributed by atoms with Gasteiger partial charge < -0.3 is 0 Å². The van der Waals surface area contributed by atoms with Crippen molar-refractivity contribution in [3.63, 3.8) is 0 Å². The molecule has 41 heavy (non-hydrogen) atoms. The SMILES string of the molecule is C(=C\c1ccc2ccccc2c1)/c1ccc(-c2nc(-c3ccccc3)c(-c3ccccc3)n2-c2ccccc2)cc1. The molecule has 7 rings (SSSR count). The van der Waals surface area contributed by atoms with Crippen molar-refractivity contribution < 1.29 is 0 Å². The van der Waals surface area contributed by atoms with Crippen molar-refractivity contribution in [1.82, 2.24) is 9.55 Å². The van der Waals surface area contributed by atoms with E-state index in [1.807, 2.05) is 6.07 Å². The Kier molecular flexibility index (Phi) is 6.56. The van der Waals surface area contributed by atoms with Gasteiger partial charge in [-0.2, -0.15) is 0 Å². The van der Waals surface area contributed by atoms with Crippen LogP contribution in [0.2, 0.25) is 0 Å². The second-order valence-corrected chi connectivity index (χ2v) is 10.1. The minimum Gasteiger partial charge on any atom is -0.292 e. The van der Waals surface area contributed by atoms with Crippen molar-refractivity contribution in [2.75, 3.05) is 0 Å². The first-order chi connectivity index (χ1) is 20.3. The first-order valence-corrected chi connectivity index (χ1v) is 13.9. The Hall–Kier alpha value is -5.47. The van der Waals surface area contributed by atoms with Crippen LogP contribution in [-0.2, 0) is 0 Å². The molecule has 0 N–H and O–H groups in total. The molecule has 1 heterocycles. The van der Waals surface area contributed by atoms with Gasteiger partial charge in [-0.15, -0.1) is 0 Å². The van der Waals surface area contributed by atoms with E-state index in [1.54, 1.807) is 0 Å². The third-order valence-corrected chi connectivity index (χ3v) is 7.40. The van der Waals surface area contributed by atoms with Gasteiger partial charge in [0.05, 0.1) is 11.4 Å². The van der Waals surface area contributed by atoms with Crippen LogP contribution in [-0.4, -0.2) is 9.55 Å². The molecule has 0 atom stereocenters. The lowest BCUT2D eigenvalue weighted by Gasteiger charge is -2.14. The maximum absolute atomic E-state index is 5.30. The molecule has 0 fully saturated rings. The largest absolute Gasteiger partial charge is 0.292 e. The summed E-state index contributed by atoms with van der Waals surface area (Å²) in [5.74, 6) is 0.916. The summed E-state index contributed by atoms with van der Waals surface area (Å²) in [4.78, 5) is 5.30. The van der Waals surface area contributed by atoms with E-state index in [2.05, 4.69) is 168 Å². The quantitative estimate of drug-likeness (QED) is 0.198. The summed E-state index contributed by atoms with van der Waals surface area (Å²) in [5.41, 5.74) is 8.75. The minimum atomic E-state index is 0.916. The highest BCUT2D eigenvalue weighted by molar-refractivity contribution is 5.87. The Morgan fingerprint density at radius 1 is 0.439 bits per heavy atom. The first-order valence-electron chi connectivity index (χ1n) is 13.9. The third-order valence-electron chi connectivity index (χ3n) is 7.40. The van der Waals surface area contributed by atoms with Crippen LogP contribution in [0.4, 0.5) is 0 Å². The maximum Gasteiger partial charge on any atom is 0.145 e. The van der Waals surface area contributed by atoms with Gasteiger partial charge in [0.15, 0.2) is 0 Å². The van der Waals surface area contributed by atoms with Crippen molar-refractivity contribution >= 4 is 22.9 Å². The van der Waals surface area contributed by atoms with Crippen molar-refractivity contribution in [3.05, 3.63) is 169 Å². The summed E-state index contributed by atoms with van der Waals surface area (Å²) >= 11 is 0. The standard InChI is InChI=1S/C39H28N2/c1-4-13-32(14-5-1)37-38(33-15-6-2-7-16-33)41(36-18-8-3-9-19-36)39(40-37)34-26-22-29(23-27-34)20-21-30-24-25-31-12-10-11-17-35(31)28-30/h1-28H/b21-20+. The Morgan fingerprint density at radius 3 is 1.71 bits per heavy atom. The molecule has 0 amide bonds. The summed E-state index contributed by atoms with van der Waals surface area (Å²) in [6.07, 6.45) is 4.34. The fourth-order valence-corrected chi connectivity index (χ4v) is 5.35. The number of hydrogen-bond acceptors (Lipinski definition) is 1. The van der Waals surface area contributed by atoms with E-state index in [0.717, 1.165) is 45.2 Å². The van der Waals surface area contributed by atoms with E-state index >= 15 is 0 Å². The Balaban J connectivity index is 1.33. The molecule has 2 heteroatoms. The second-order valence-electron chi connectivity index (χ2n) is 10.1. The lowest BCUT2D eigenvalue weighted by Crippen LogP contribution is -2.00. The molecular weight excluding hydrogens is 496 g/mol. The molecule has 0 saturated heterocycles. The summed E-state index contributed by atoms with van der Waals surface area (Å²) in [7, 11) is 0. The highest BCUT2D eigenvalue weighted by Crippen LogP contribution is 2.38. The Labute approximate surface area is 240 Å². The second kappa shape index (κ2) is 11.0. The Morgan fingerprint density at radius 2 is 1.00 bits per heavy atom. The number of benzene rings is 6. The zero-order chi connectivity index (χ0) is 27.4. The normalized spacial score (nSPS) is 11.3. The van der Waals surface area contributed by atoms with Gasteiger partial charge in [-0.1, -0.05) is 152 Å². The molecule has 7 aromatic rings. The molecule has 0 aliphatic carbocycles. The van der Waals surface area contributed by atoms with Crippen LogP contribution in [0.1, 0.15) is 11.1 Å². The minimum absolute atomic E-state index is 0.916. The van der Waals surface area contributed by atoms with Gasteiger partial charge in [0.25, 0.3) is 0 Å². The molecule has 0 spiro atoms. The van der Waals surface area contributed by atoms with E-state index in [9.17, 15) is 0 Å². The van der Waals surface area contributed by atoms with Crippen molar-refractivity contribution in [3.8, 4) is 39.6 Å². The van der Waals surface area contributed by atoms with Gasteiger partial charge in [-0.05, 0) is 40.1 Å². The first kappa shape index (κ1) is 24.6. The van der Waals surface area contributed by atoms with Gasteiger partial charge >= 0.3 is 0 Å². The number of imidazole rings is 1. The summed E-state index contributed by atoms with van der Waals surface area (Å²) in [6, 6.07) is 55.2. The molecule has 0 saturated carbocycles. The molecule has 194 valence electrons. The molecule has 1 aromatic heterocycles. The van der Waals surface area contributed by atoms with Gasteiger partial charge in [0.1, 0.15) is 5.82 Å². The monoisotopic (exact) mass is 524 g/mol. The topological polar surface area (TPSA) is 17.8 Å². The van der Waals surface area contributed by atoms with Crippen molar-refractivity contribution in [2.24, 2.45) is 0 Å². The number of rotatable bonds is 6. The number of para-hydroxylation sites is 1. The molecule has 0 radical (unpaired) electrons. The van der Waals surface area contributed by atoms with E-state index in [1.165, 1.54) is 16.3 Å². The predicted molar refractivity (Wildman–Crippen MR) is 173 cm³/mol. The lowest BCUT2D eigenvalue weighted by atomic mass is 10.0. The summed E-state index contributed by atoms with van der Waals surface area (Å²) in [6.45, 7) is 0. The highest BCUT2D eigenvalue weighted by atomic mass is 15.1. The van der Waals surface area contributed by atoms with E-state index in [0.29, 0.717) is 0 Å². The smallest absolute Gasteiger partial charge is 0.145 e. The van der Waals surface area contributed by atoms with Crippen LogP contribution < -0.4 is 0 Å². The molecular formula is C39H28N2. The fraction of sp³-hybridized carbons (Fsp3) is 0. The van der Waals surface area contributed by atoms with Crippen LogP contribution in [0.25, 0.3) is 62.5 Å². The fourth-order valence-electron chi connectivity index (χ4n) is 5.35. The molecule has 0 bridgehead atoms. The Bertz CT molecular complexity index is 1950. The molecule has 0 aliphatic heterocycles. The third kappa shape index (κ3) is 4.99. The molecule has 0 aliphatic rings. The molecule has 2 nitrogen and oxygen atoms in total. The lowest BCUT2D eigenvalue weighted by molar-refractivity contribution is 1.07. The van der Waals surface area contributed by atoms with Crippen molar-refractivity contribution in [1.29, 1.82) is 0 Å². The van der Waals surface area contributed by atoms with E-state index in [4.69, 9.17) is 4.98 Å². The molecule has 6 aromatic carbocycles. The van der Waals surface area contributed by atoms with Gasteiger partial charge in [-0.25, -0.2) is 4.98 Å². The average Bonchev–Trinajstić information content (AvgIpc) is 3.46. The van der Waals surface area contributed by atoms with Gasteiger partial charge in [0.2, 0.25) is 0 Å². The maximum atomic E-state index is 5.30. The molecule has 0 unspecified atom stereocenters. The predicted octanol–water partition coefficient (Wildman–Crippen LogP) is 10.2. The highest BCUT2D eigenvalue weighted by Gasteiger charge is 2.22. The van der Waals surface area contributed by atoms with Crippen LogP contribution >= 0.6 is 0 Å². The van der Waals surface area contributed by atoms with E-state index in [-0.39, 0.29) is 0 Å². The zero-order valence-electron chi connectivity index (χ0n) is 22.6. The van der Waals surface area contributed by atoms with Gasteiger partial charge in [-0.3, -0.25) is 4.57 Å². The summed E-state index contributed by atoms with van der Waals surface area (Å²) < 4.78 is 2.29. The number of fused-ring (bicyclic) bond motifs is 1. The van der Waals surface area contributed by atoms with Crippen LogP contribution in [0.15, 0.2) is 158 Å². The van der Waals surface area contributed by atoms with Crippen LogP contribution in [0.5, 0.6) is 0 Å². The number of hydrogen-bond donors (Lipinski definition) is 0.